The smallest absolute Gasteiger partial charge is 0.0536 e. The average Bonchev–Trinajstić information content (AvgIpc) is 2.94. The van der Waals surface area contributed by atoms with Gasteiger partial charge in [-0.05, 0) is 49.8 Å². The zero-order chi connectivity index (χ0) is 12.8. The van der Waals surface area contributed by atoms with Crippen LogP contribution in [0.1, 0.15) is 56.7 Å². The summed E-state index contributed by atoms with van der Waals surface area (Å²) < 4.78 is 0. The Kier molecular flexibility index (Phi) is 5.00. The predicted octanol–water partition coefficient (Wildman–Crippen LogP) is 4.40. The summed E-state index contributed by atoms with van der Waals surface area (Å²) in [6.07, 6.45) is 8.59. The summed E-state index contributed by atoms with van der Waals surface area (Å²) in [7, 11) is 0. The predicted molar refractivity (Wildman–Crippen MR) is 78.8 cm³/mol. The van der Waals surface area contributed by atoms with Gasteiger partial charge in [0.2, 0.25) is 0 Å². The highest BCUT2D eigenvalue weighted by molar-refractivity contribution is 5.32. The van der Waals surface area contributed by atoms with E-state index in [1.54, 1.807) is 5.57 Å². The van der Waals surface area contributed by atoms with Crippen LogP contribution in [-0.4, -0.2) is 6.54 Å². The molecular weight excluding hydrogens is 218 g/mol. The highest BCUT2D eigenvalue weighted by atomic mass is 14.9. The molecule has 0 radical (unpaired) electrons. The lowest BCUT2D eigenvalue weighted by Crippen LogP contribution is -2.23. The first-order chi connectivity index (χ1) is 8.85. The molecule has 0 amide bonds. The fourth-order valence-electron chi connectivity index (χ4n) is 2.66. The van der Waals surface area contributed by atoms with Crippen LogP contribution in [0, 0.1) is 0 Å². The van der Waals surface area contributed by atoms with Crippen molar-refractivity contribution in [3.8, 4) is 0 Å². The Balaban J connectivity index is 2.15. The van der Waals surface area contributed by atoms with Gasteiger partial charge in [0.25, 0.3) is 0 Å². The highest BCUT2D eigenvalue weighted by Crippen LogP contribution is 2.30. The molecule has 0 aliphatic heterocycles. The molecule has 18 heavy (non-hydrogen) atoms. The van der Waals surface area contributed by atoms with E-state index in [-0.39, 0.29) is 0 Å². The van der Waals surface area contributed by atoms with Crippen LogP contribution < -0.4 is 5.32 Å². The Bertz CT molecular complexity index is 389. The van der Waals surface area contributed by atoms with Crippen LogP contribution in [-0.2, 0) is 6.42 Å². The van der Waals surface area contributed by atoms with Crippen molar-refractivity contribution in [2.45, 2.75) is 52.0 Å². The third kappa shape index (κ3) is 3.23. The second-order valence-electron chi connectivity index (χ2n) is 5.15. The van der Waals surface area contributed by atoms with Gasteiger partial charge in [-0.25, -0.2) is 0 Å². The summed E-state index contributed by atoms with van der Waals surface area (Å²) in [5.74, 6) is 0. The molecule has 1 atom stereocenters. The van der Waals surface area contributed by atoms with Crippen molar-refractivity contribution >= 4 is 0 Å². The second-order valence-corrected chi connectivity index (χ2v) is 5.15. The first-order valence-electron chi connectivity index (χ1n) is 7.36. The summed E-state index contributed by atoms with van der Waals surface area (Å²) >= 11 is 0. The standard InChI is InChI=1S/C17H25N/c1-3-13-18-17(15-7-5-6-8-15)16-11-9-14(4-2)10-12-16/h7,9-12,17-18H,3-6,8,13H2,1-2H3. The number of nitrogens with one attached hydrogen (secondary N) is 1. The normalized spacial score (nSPS) is 16.7. The van der Waals surface area contributed by atoms with Gasteiger partial charge < -0.3 is 5.32 Å². The quantitative estimate of drug-likeness (QED) is 0.730. The second kappa shape index (κ2) is 6.75. The van der Waals surface area contributed by atoms with E-state index in [0.29, 0.717) is 6.04 Å². The van der Waals surface area contributed by atoms with Crippen LogP contribution >= 0.6 is 0 Å². The molecule has 1 aromatic rings. The van der Waals surface area contributed by atoms with Gasteiger partial charge in [0.1, 0.15) is 0 Å². The summed E-state index contributed by atoms with van der Waals surface area (Å²) in [5, 5.41) is 3.70. The molecule has 0 fully saturated rings. The topological polar surface area (TPSA) is 12.0 Å². The minimum absolute atomic E-state index is 0.443. The Morgan fingerprint density at radius 3 is 2.50 bits per heavy atom. The van der Waals surface area contributed by atoms with Crippen LogP contribution in [0.5, 0.6) is 0 Å². The molecule has 0 aromatic heterocycles. The number of rotatable bonds is 6. The minimum Gasteiger partial charge on any atom is -0.307 e. The van der Waals surface area contributed by atoms with E-state index in [1.807, 2.05) is 0 Å². The third-order valence-electron chi connectivity index (χ3n) is 3.77. The molecule has 1 nitrogen and oxygen atoms in total. The number of allylic oxidation sites excluding steroid dienone is 1. The van der Waals surface area contributed by atoms with E-state index in [2.05, 4.69) is 49.5 Å². The van der Waals surface area contributed by atoms with Gasteiger partial charge in [-0.1, -0.05) is 49.8 Å². The zero-order valence-corrected chi connectivity index (χ0v) is 11.7. The van der Waals surface area contributed by atoms with Crippen molar-refractivity contribution in [1.29, 1.82) is 0 Å². The molecule has 0 spiro atoms. The molecule has 0 saturated heterocycles. The molecule has 1 unspecified atom stereocenters. The van der Waals surface area contributed by atoms with E-state index < -0.39 is 0 Å². The summed E-state index contributed by atoms with van der Waals surface area (Å²) in [6, 6.07) is 9.58. The maximum atomic E-state index is 3.70. The van der Waals surface area contributed by atoms with Crippen molar-refractivity contribution in [2.75, 3.05) is 6.54 Å². The van der Waals surface area contributed by atoms with Crippen LogP contribution in [0.15, 0.2) is 35.9 Å². The maximum absolute atomic E-state index is 3.70. The molecule has 1 heteroatoms. The highest BCUT2D eigenvalue weighted by Gasteiger charge is 2.18. The molecule has 1 N–H and O–H groups in total. The first-order valence-corrected chi connectivity index (χ1v) is 7.36. The molecular formula is C17H25N. The van der Waals surface area contributed by atoms with E-state index >= 15 is 0 Å². The number of aryl methyl sites for hydroxylation is 1. The van der Waals surface area contributed by atoms with Crippen molar-refractivity contribution in [1.82, 2.24) is 5.32 Å². The van der Waals surface area contributed by atoms with Crippen molar-refractivity contribution < 1.29 is 0 Å². The van der Waals surface area contributed by atoms with E-state index in [1.165, 1.54) is 36.8 Å². The lowest BCUT2D eigenvalue weighted by molar-refractivity contribution is 0.578. The average molecular weight is 243 g/mol. The summed E-state index contributed by atoms with van der Waals surface area (Å²) in [4.78, 5) is 0. The fraction of sp³-hybridized carbons (Fsp3) is 0.529. The van der Waals surface area contributed by atoms with Gasteiger partial charge in [0.15, 0.2) is 0 Å². The Morgan fingerprint density at radius 2 is 1.94 bits per heavy atom. The van der Waals surface area contributed by atoms with E-state index in [4.69, 9.17) is 0 Å². The number of hydrogen-bond acceptors (Lipinski definition) is 1. The zero-order valence-electron chi connectivity index (χ0n) is 11.7. The SMILES string of the molecule is CCCNC(C1=CCCC1)c1ccc(CC)cc1. The molecule has 1 aromatic carbocycles. The third-order valence-corrected chi connectivity index (χ3v) is 3.77. The van der Waals surface area contributed by atoms with Crippen molar-refractivity contribution in [2.24, 2.45) is 0 Å². The summed E-state index contributed by atoms with van der Waals surface area (Å²) in [6.45, 7) is 5.53. The van der Waals surface area contributed by atoms with E-state index in [0.717, 1.165) is 13.0 Å². The molecule has 0 heterocycles. The lowest BCUT2D eigenvalue weighted by atomic mass is 9.96. The maximum Gasteiger partial charge on any atom is 0.0536 e. The molecule has 0 bridgehead atoms. The van der Waals surface area contributed by atoms with Gasteiger partial charge >= 0.3 is 0 Å². The monoisotopic (exact) mass is 243 g/mol. The molecule has 0 saturated carbocycles. The van der Waals surface area contributed by atoms with Gasteiger partial charge in [-0.2, -0.15) is 0 Å². The molecule has 98 valence electrons. The van der Waals surface area contributed by atoms with Crippen LogP contribution in [0.3, 0.4) is 0 Å². The van der Waals surface area contributed by atoms with Crippen LogP contribution in [0.2, 0.25) is 0 Å². The Morgan fingerprint density at radius 1 is 1.17 bits per heavy atom. The fourth-order valence-corrected chi connectivity index (χ4v) is 2.66. The largest absolute Gasteiger partial charge is 0.307 e. The molecule has 1 aliphatic rings. The van der Waals surface area contributed by atoms with Gasteiger partial charge in [-0.15, -0.1) is 0 Å². The number of benzene rings is 1. The van der Waals surface area contributed by atoms with Gasteiger partial charge in [0.05, 0.1) is 6.04 Å². The van der Waals surface area contributed by atoms with Crippen molar-refractivity contribution in [3.63, 3.8) is 0 Å². The van der Waals surface area contributed by atoms with Crippen LogP contribution in [0.4, 0.5) is 0 Å². The lowest BCUT2D eigenvalue weighted by Gasteiger charge is -2.21. The Hall–Kier alpha value is -1.08. The minimum atomic E-state index is 0.443. The first kappa shape index (κ1) is 13.4. The molecule has 2 rings (SSSR count). The van der Waals surface area contributed by atoms with Gasteiger partial charge in [-0.3, -0.25) is 0 Å². The van der Waals surface area contributed by atoms with E-state index in [9.17, 15) is 0 Å². The summed E-state index contributed by atoms with van der Waals surface area (Å²) in [5.41, 5.74) is 4.44. The van der Waals surface area contributed by atoms with Crippen LogP contribution in [0.25, 0.3) is 0 Å². The van der Waals surface area contributed by atoms with Gasteiger partial charge in [0, 0.05) is 0 Å². The molecule has 1 aliphatic carbocycles. The van der Waals surface area contributed by atoms with Crippen molar-refractivity contribution in [3.05, 3.63) is 47.0 Å². The number of hydrogen-bond donors (Lipinski definition) is 1. The Labute approximate surface area is 111 Å².